The van der Waals surface area contributed by atoms with Crippen molar-refractivity contribution in [1.29, 1.82) is 0 Å². The number of rotatable bonds is 6. The SMILES string of the molecule is CCC(COC)Nc1cc([N+](=O)[O-])ccn1. The van der Waals surface area contributed by atoms with Crippen LogP contribution in [0.2, 0.25) is 0 Å². The Labute approximate surface area is 93.8 Å². The van der Waals surface area contributed by atoms with E-state index in [1.54, 1.807) is 7.11 Å². The Morgan fingerprint density at radius 2 is 2.44 bits per heavy atom. The summed E-state index contributed by atoms with van der Waals surface area (Å²) < 4.78 is 5.02. The van der Waals surface area contributed by atoms with Gasteiger partial charge in [0.2, 0.25) is 0 Å². The quantitative estimate of drug-likeness (QED) is 0.590. The molecule has 0 bridgehead atoms. The number of hydrogen-bond acceptors (Lipinski definition) is 5. The molecule has 0 aromatic carbocycles. The Morgan fingerprint density at radius 1 is 1.69 bits per heavy atom. The fourth-order valence-electron chi connectivity index (χ4n) is 1.28. The highest BCUT2D eigenvalue weighted by atomic mass is 16.6. The van der Waals surface area contributed by atoms with Gasteiger partial charge in [-0.1, -0.05) is 6.92 Å². The van der Waals surface area contributed by atoms with Crippen molar-refractivity contribution in [3.05, 3.63) is 28.4 Å². The summed E-state index contributed by atoms with van der Waals surface area (Å²) in [5, 5.41) is 13.6. The summed E-state index contributed by atoms with van der Waals surface area (Å²) >= 11 is 0. The first-order valence-corrected chi connectivity index (χ1v) is 5.03. The average molecular weight is 225 g/mol. The molecular formula is C10H15N3O3. The summed E-state index contributed by atoms with van der Waals surface area (Å²) in [5.74, 6) is 0.498. The number of nitrogens with one attached hydrogen (secondary N) is 1. The largest absolute Gasteiger partial charge is 0.383 e. The van der Waals surface area contributed by atoms with Gasteiger partial charge in [0.05, 0.1) is 23.6 Å². The van der Waals surface area contributed by atoms with Crippen LogP contribution in [0.15, 0.2) is 18.3 Å². The molecular weight excluding hydrogens is 210 g/mol. The number of anilines is 1. The fraction of sp³-hybridized carbons (Fsp3) is 0.500. The summed E-state index contributed by atoms with van der Waals surface area (Å²) in [5.41, 5.74) is 0.0322. The summed E-state index contributed by atoms with van der Waals surface area (Å²) in [6.45, 7) is 2.55. The second kappa shape index (κ2) is 6.02. The molecule has 1 atom stereocenters. The zero-order valence-corrected chi connectivity index (χ0v) is 9.34. The minimum atomic E-state index is -0.440. The Morgan fingerprint density at radius 3 is 3.00 bits per heavy atom. The lowest BCUT2D eigenvalue weighted by atomic mass is 10.2. The monoisotopic (exact) mass is 225 g/mol. The predicted octanol–water partition coefficient (Wildman–Crippen LogP) is 1.83. The third-order valence-corrected chi connectivity index (χ3v) is 2.17. The Balaban J connectivity index is 2.72. The molecule has 1 aromatic heterocycles. The Kier molecular flexibility index (Phi) is 4.65. The van der Waals surface area contributed by atoms with Crippen molar-refractivity contribution >= 4 is 11.5 Å². The van der Waals surface area contributed by atoms with Crippen molar-refractivity contribution in [2.45, 2.75) is 19.4 Å². The number of ether oxygens (including phenoxy) is 1. The van der Waals surface area contributed by atoms with Crippen LogP contribution in [-0.4, -0.2) is 29.7 Å². The third-order valence-electron chi connectivity index (χ3n) is 2.17. The van der Waals surface area contributed by atoms with Crippen molar-refractivity contribution in [3.63, 3.8) is 0 Å². The van der Waals surface area contributed by atoms with Crippen LogP contribution in [0, 0.1) is 10.1 Å². The van der Waals surface area contributed by atoms with Crippen LogP contribution in [0.4, 0.5) is 11.5 Å². The van der Waals surface area contributed by atoms with E-state index in [2.05, 4.69) is 10.3 Å². The molecule has 0 amide bonds. The number of nitro groups is 1. The molecule has 0 aliphatic rings. The van der Waals surface area contributed by atoms with Gasteiger partial charge in [0, 0.05) is 19.4 Å². The summed E-state index contributed by atoms with van der Waals surface area (Å²) in [7, 11) is 1.62. The first-order chi connectivity index (χ1) is 7.67. The molecule has 1 heterocycles. The van der Waals surface area contributed by atoms with E-state index >= 15 is 0 Å². The number of hydrogen-bond donors (Lipinski definition) is 1. The van der Waals surface area contributed by atoms with Crippen LogP contribution in [0.1, 0.15) is 13.3 Å². The second-order valence-electron chi connectivity index (χ2n) is 3.36. The maximum atomic E-state index is 10.6. The molecule has 0 radical (unpaired) electrons. The van der Waals surface area contributed by atoms with Gasteiger partial charge in [-0.2, -0.15) is 0 Å². The molecule has 1 aromatic rings. The first kappa shape index (κ1) is 12.4. The highest BCUT2D eigenvalue weighted by Gasteiger charge is 2.10. The van der Waals surface area contributed by atoms with Crippen molar-refractivity contribution in [3.8, 4) is 0 Å². The Hall–Kier alpha value is -1.69. The molecule has 0 spiro atoms. The van der Waals surface area contributed by atoms with Crippen LogP contribution < -0.4 is 5.32 Å². The maximum absolute atomic E-state index is 10.6. The normalized spacial score (nSPS) is 12.1. The first-order valence-electron chi connectivity index (χ1n) is 5.03. The fourth-order valence-corrected chi connectivity index (χ4v) is 1.28. The molecule has 1 rings (SSSR count). The lowest BCUT2D eigenvalue weighted by Crippen LogP contribution is -2.24. The number of methoxy groups -OCH3 is 1. The third kappa shape index (κ3) is 3.47. The zero-order chi connectivity index (χ0) is 12.0. The van der Waals surface area contributed by atoms with Gasteiger partial charge >= 0.3 is 0 Å². The second-order valence-corrected chi connectivity index (χ2v) is 3.36. The van der Waals surface area contributed by atoms with E-state index in [-0.39, 0.29) is 11.7 Å². The van der Waals surface area contributed by atoms with Crippen LogP contribution in [0.5, 0.6) is 0 Å². The number of pyridine rings is 1. The standard InChI is InChI=1S/C10H15N3O3/c1-3-8(7-16-2)12-10-6-9(13(14)15)4-5-11-10/h4-6,8H,3,7H2,1-2H3,(H,11,12). The molecule has 0 aliphatic heterocycles. The summed E-state index contributed by atoms with van der Waals surface area (Å²) in [6.07, 6.45) is 2.28. The predicted molar refractivity (Wildman–Crippen MR) is 60.5 cm³/mol. The van der Waals surface area contributed by atoms with Crippen molar-refractivity contribution in [2.24, 2.45) is 0 Å². The molecule has 6 heteroatoms. The van der Waals surface area contributed by atoms with E-state index in [0.717, 1.165) is 6.42 Å². The van der Waals surface area contributed by atoms with E-state index in [0.29, 0.717) is 12.4 Å². The highest BCUT2D eigenvalue weighted by Crippen LogP contribution is 2.15. The van der Waals surface area contributed by atoms with Crippen molar-refractivity contribution < 1.29 is 9.66 Å². The lowest BCUT2D eigenvalue weighted by molar-refractivity contribution is -0.384. The average Bonchev–Trinajstić information content (AvgIpc) is 2.29. The van der Waals surface area contributed by atoms with Gasteiger partial charge in [-0.15, -0.1) is 0 Å². The van der Waals surface area contributed by atoms with Gasteiger partial charge < -0.3 is 10.1 Å². The molecule has 0 saturated heterocycles. The van der Waals surface area contributed by atoms with Crippen LogP contribution in [-0.2, 0) is 4.74 Å². The minimum absolute atomic E-state index is 0.0322. The van der Waals surface area contributed by atoms with Crippen LogP contribution in [0.25, 0.3) is 0 Å². The van der Waals surface area contributed by atoms with Crippen LogP contribution >= 0.6 is 0 Å². The minimum Gasteiger partial charge on any atom is -0.383 e. The molecule has 1 N–H and O–H groups in total. The number of aromatic nitrogens is 1. The summed E-state index contributed by atoms with van der Waals surface area (Å²) in [4.78, 5) is 14.1. The maximum Gasteiger partial charge on any atom is 0.274 e. The molecule has 0 fully saturated rings. The number of nitrogens with zero attached hydrogens (tertiary/aromatic N) is 2. The molecule has 0 aliphatic carbocycles. The molecule has 1 unspecified atom stereocenters. The molecule has 6 nitrogen and oxygen atoms in total. The van der Waals surface area contributed by atoms with Crippen molar-refractivity contribution in [2.75, 3.05) is 19.0 Å². The van der Waals surface area contributed by atoms with E-state index < -0.39 is 4.92 Å². The van der Waals surface area contributed by atoms with Gasteiger partial charge in [0.25, 0.3) is 5.69 Å². The van der Waals surface area contributed by atoms with E-state index in [4.69, 9.17) is 4.74 Å². The van der Waals surface area contributed by atoms with Gasteiger partial charge in [0.15, 0.2) is 0 Å². The molecule has 0 saturated carbocycles. The smallest absolute Gasteiger partial charge is 0.274 e. The van der Waals surface area contributed by atoms with E-state index in [1.807, 2.05) is 6.92 Å². The topological polar surface area (TPSA) is 77.3 Å². The van der Waals surface area contributed by atoms with Crippen molar-refractivity contribution in [1.82, 2.24) is 4.98 Å². The molecule has 88 valence electrons. The van der Waals surface area contributed by atoms with Gasteiger partial charge in [-0.3, -0.25) is 10.1 Å². The van der Waals surface area contributed by atoms with E-state index in [1.165, 1.54) is 18.3 Å². The van der Waals surface area contributed by atoms with E-state index in [9.17, 15) is 10.1 Å². The summed E-state index contributed by atoms with van der Waals surface area (Å²) in [6, 6.07) is 2.89. The highest BCUT2D eigenvalue weighted by molar-refractivity contribution is 5.44. The van der Waals surface area contributed by atoms with Gasteiger partial charge in [0.1, 0.15) is 5.82 Å². The Bertz CT molecular complexity index is 357. The lowest BCUT2D eigenvalue weighted by Gasteiger charge is -2.15. The van der Waals surface area contributed by atoms with Gasteiger partial charge in [-0.25, -0.2) is 4.98 Å². The van der Waals surface area contributed by atoms with Crippen LogP contribution in [0.3, 0.4) is 0 Å². The molecule has 16 heavy (non-hydrogen) atoms. The van der Waals surface area contributed by atoms with Gasteiger partial charge in [-0.05, 0) is 6.42 Å². The zero-order valence-electron chi connectivity index (χ0n) is 9.34.